The van der Waals surface area contributed by atoms with Gasteiger partial charge in [-0.15, -0.1) is 22.7 Å². The minimum atomic E-state index is -0.253. The minimum absolute atomic E-state index is 0.253. The second-order valence-electron chi connectivity index (χ2n) is 6.79. The minimum Gasteiger partial charge on any atom is -0.377 e. The standard InChI is InChI=1S/C17H24N4O2S2/c1-14-19-15(10-25-14)8-20-3-5-22-13-17(11-20)12-21(4-6-23-17)9-16-18-2-7-24-16/h2,7,10H,3-6,8-9,11-13H2,1H3/t17-/m0/s1. The molecule has 0 unspecified atom stereocenters. The van der Waals surface area contributed by atoms with Crippen LogP contribution in [0.4, 0.5) is 0 Å². The number of rotatable bonds is 4. The van der Waals surface area contributed by atoms with Crippen LogP contribution < -0.4 is 0 Å². The number of aromatic nitrogens is 2. The van der Waals surface area contributed by atoms with Crippen molar-refractivity contribution in [2.45, 2.75) is 25.6 Å². The van der Waals surface area contributed by atoms with Crippen LogP contribution >= 0.6 is 22.7 Å². The lowest BCUT2D eigenvalue weighted by atomic mass is 10.0. The summed E-state index contributed by atoms with van der Waals surface area (Å²) in [4.78, 5) is 13.9. The highest BCUT2D eigenvalue weighted by atomic mass is 32.1. The molecule has 136 valence electrons. The quantitative estimate of drug-likeness (QED) is 0.809. The van der Waals surface area contributed by atoms with E-state index in [4.69, 9.17) is 9.47 Å². The van der Waals surface area contributed by atoms with Crippen molar-refractivity contribution < 1.29 is 9.47 Å². The fraction of sp³-hybridized carbons (Fsp3) is 0.647. The first-order valence-electron chi connectivity index (χ1n) is 8.67. The molecule has 2 aliphatic rings. The van der Waals surface area contributed by atoms with Crippen LogP contribution in [0.1, 0.15) is 15.7 Å². The zero-order valence-electron chi connectivity index (χ0n) is 14.5. The Bertz CT molecular complexity index is 678. The second-order valence-corrected chi connectivity index (χ2v) is 8.83. The first-order chi connectivity index (χ1) is 12.2. The highest BCUT2D eigenvalue weighted by Gasteiger charge is 2.40. The average Bonchev–Trinajstić information content (AvgIpc) is 3.19. The van der Waals surface area contributed by atoms with E-state index in [0.29, 0.717) is 6.61 Å². The molecule has 2 aromatic rings. The van der Waals surface area contributed by atoms with Crippen molar-refractivity contribution in [3.05, 3.63) is 32.7 Å². The summed E-state index contributed by atoms with van der Waals surface area (Å²) in [5, 5.41) is 6.49. The molecule has 0 radical (unpaired) electrons. The molecule has 8 heteroatoms. The summed E-state index contributed by atoms with van der Waals surface area (Å²) in [5.74, 6) is 0. The van der Waals surface area contributed by atoms with E-state index < -0.39 is 0 Å². The lowest BCUT2D eigenvalue weighted by Gasteiger charge is -2.43. The van der Waals surface area contributed by atoms with Crippen molar-refractivity contribution >= 4 is 22.7 Å². The van der Waals surface area contributed by atoms with Gasteiger partial charge in [0, 0.05) is 49.7 Å². The Morgan fingerprint density at radius 3 is 2.76 bits per heavy atom. The van der Waals surface area contributed by atoms with Crippen molar-refractivity contribution in [1.29, 1.82) is 0 Å². The van der Waals surface area contributed by atoms with Crippen LogP contribution in [-0.4, -0.2) is 71.4 Å². The summed E-state index contributed by atoms with van der Waals surface area (Å²) in [7, 11) is 0. The van der Waals surface area contributed by atoms with Crippen LogP contribution in [0.15, 0.2) is 17.0 Å². The van der Waals surface area contributed by atoms with Gasteiger partial charge in [-0.1, -0.05) is 0 Å². The zero-order chi connectivity index (χ0) is 17.1. The Hall–Kier alpha value is -0.900. The van der Waals surface area contributed by atoms with Crippen LogP contribution in [0, 0.1) is 6.92 Å². The lowest BCUT2D eigenvalue weighted by molar-refractivity contribution is -0.143. The second kappa shape index (κ2) is 7.77. The van der Waals surface area contributed by atoms with Gasteiger partial charge >= 0.3 is 0 Å². The maximum atomic E-state index is 6.27. The molecule has 6 nitrogen and oxygen atoms in total. The molecule has 0 aromatic carbocycles. The monoisotopic (exact) mass is 380 g/mol. The number of hydrogen-bond donors (Lipinski definition) is 0. The van der Waals surface area contributed by atoms with Gasteiger partial charge in [0.05, 0.1) is 37.1 Å². The van der Waals surface area contributed by atoms with Crippen molar-refractivity contribution in [3.8, 4) is 0 Å². The number of morpholine rings is 1. The molecule has 1 atom stereocenters. The van der Waals surface area contributed by atoms with Gasteiger partial charge in [0.15, 0.2) is 0 Å². The van der Waals surface area contributed by atoms with Crippen LogP contribution in [0.2, 0.25) is 0 Å². The van der Waals surface area contributed by atoms with Gasteiger partial charge in [-0.05, 0) is 6.92 Å². The lowest BCUT2D eigenvalue weighted by Crippen LogP contribution is -2.58. The van der Waals surface area contributed by atoms with Crippen LogP contribution in [0.25, 0.3) is 0 Å². The van der Waals surface area contributed by atoms with Crippen LogP contribution in [-0.2, 0) is 22.6 Å². The van der Waals surface area contributed by atoms with Gasteiger partial charge in [-0.2, -0.15) is 0 Å². The van der Waals surface area contributed by atoms with Gasteiger partial charge in [-0.25, -0.2) is 9.97 Å². The first-order valence-corrected chi connectivity index (χ1v) is 10.4. The fourth-order valence-corrected chi connectivity index (χ4v) is 4.85. The van der Waals surface area contributed by atoms with E-state index in [1.807, 2.05) is 11.6 Å². The summed E-state index contributed by atoms with van der Waals surface area (Å²) < 4.78 is 12.2. The highest BCUT2D eigenvalue weighted by Crippen LogP contribution is 2.25. The third kappa shape index (κ3) is 4.45. The van der Waals surface area contributed by atoms with Crippen LogP contribution in [0.3, 0.4) is 0 Å². The Morgan fingerprint density at radius 2 is 2.00 bits per heavy atom. The first kappa shape index (κ1) is 17.5. The van der Waals surface area contributed by atoms with Gasteiger partial charge in [0.1, 0.15) is 10.6 Å². The molecule has 2 aromatic heterocycles. The molecule has 0 aliphatic carbocycles. The molecule has 2 aliphatic heterocycles. The maximum Gasteiger partial charge on any atom is 0.117 e. The predicted molar refractivity (Wildman–Crippen MR) is 99.0 cm³/mol. The van der Waals surface area contributed by atoms with Crippen molar-refractivity contribution in [3.63, 3.8) is 0 Å². The summed E-state index contributed by atoms with van der Waals surface area (Å²) in [6.07, 6.45) is 1.88. The van der Waals surface area contributed by atoms with E-state index in [1.165, 1.54) is 5.01 Å². The third-order valence-corrected chi connectivity index (χ3v) is 6.24. The summed E-state index contributed by atoms with van der Waals surface area (Å²) >= 11 is 3.43. The zero-order valence-corrected chi connectivity index (χ0v) is 16.2. The van der Waals surface area contributed by atoms with E-state index in [2.05, 4.69) is 32.1 Å². The third-order valence-electron chi connectivity index (χ3n) is 4.65. The van der Waals surface area contributed by atoms with E-state index in [0.717, 1.165) is 63.2 Å². The number of ether oxygens (including phenoxy) is 2. The molecule has 0 N–H and O–H groups in total. The number of aryl methyl sites for hydroxylation is 1. The molecule has 2 saturated heterocycles. The Labute approximate surface area is 156 Å². The largest absolute Gasteiger partial charge is 0.377 e. The topological polar surface area (TPSA) is 50.7 Å². The van der Waals surface area contributed by atoms with Crippen molar-refractivity contribution in [2.75, 3.05) is 46.0 Å². The molecular weight excluding hydrogens is 356 g/mol. The molecule has 1 spiro atoms. The Morgan fingerprint density at radius 1 is 1.16 bits per heavy atom. The highest BCUT2D eigenvalue weighted by molar-refractivity contribution is 7.09. The number of nitrogens with zero attached hydrogens (tertiary/aromatic N) is 4. The Kier molecular flexibility index (Phi) is 5.44. The van der Waals surface area contributed by atoms with Gasteiger partial charge < -0.3 is 9.47 Å². The van der Waals surface area contributed by atoms with E-state index in [1.54, 1.807) is 22.7 Å². The molecule has 2 fully saturated rings. The number of thiazole rings is 2. The number of hydrogen-bond acceptors (Lipinski definition) is 8. The molecule has 0 amide bonds. The van der Waals surface area contributed by atoms with Gasteiger partial charge in [0.25, 0.3) is 0 Å². The summed E-state index contributed by atoms with van der Waals surface area (Å²) in [5.41, 5.74) is 0.895. The van der Waals surface area contributed by atoms with E-state index >= 15 is 0 Å². The van der Waals surface area contributed by atoms with Crippen molar-refractivity contribution in [2.24, 2.45) is 0 Å². The predicted octanol–water partition coefficient (Wildman–Crippen LogP) is 2.01. The van der Waals surface area contributed by atoms with Gasteiger partial charge in [0.2, 0.25) is 0 Å². The normalized spacial score (nSPS) is 26.1. The smallest absolute Gasteiger partial charge is 0.117 e. The van der Waals surface area contributed by atoms with E-state index in [-0.39, 0.29) is 5.60 Å². The molecule has 4 rings (SSSR count). The summed E-state index contributed by atoms with van der Waals surface area (Å²) in [6.45, 7) is 9.63. The maximum absolute atomic E-state index is 6.27. The Balaban J connectivity index is 1.43. The van der Waals surface area contributed by atoms with Gasteiger partial charge in [-0.3, -0.25) is 9.80 Å². The average molecular weight is 381 g/mol. The summed E-state index contributed by atoms with van der Waals surface area (Å²) in [6, 6.07) is 0. The SMILES string of the molecule is Cc1nc(CN2CCOC[C@]3(C2)CN(Cc2nccs2)CCO3)cs1. The van der Waals surface area contributed by atoms with Crippen molar-refractivity contribution in [1.82, 2.24) is 19.8 Å². The fourth-order valence-electron chi connectivity index (χ4n) is 3.59. The molecule has 0 bridgehead atoms. The molecule has 0 saturated carbocycles. The molecule has 4 heterocycles. The van der Waals surface area contributed by atoms with E-state index in [9.17, 15) is 0 Å². The van der Waals surface area contributed by atoms with Crippen LogP contribution in [0.5, 0.6) is 0 Å². The molecular formula is C17H24N4O2S2. The molecule has 25 heavy (non-hydrogen) atoms.